The number of hydrogen-bond donors (Lipinski definition) is 2. The minimum Gasteiger partial charge on any atom is -0.355 e. The number of carbonyl (C=O) groups is 1. The lowest BCUT2D eigenvalue weighted by Gasteiger charge is -2.08. The van der Waals surface area contributed by atoms with Gasteiger partial charge in [-0.2, -0.15) is 0 Å². The van der Waals surface area contributed by atoms with Crippen LogP contribution in [0.1, 0.15) is 31.7 Å². The van der Waals surface area contributed by atoms with Gasteiger partial charge in [0.1, 0.15) is 0 Å². The number of hydrogen-bond acceptors (Lipinski definition) is 4. The fourth-order valence-corrected chi connectivity index (χ4v) is 1.38. The Morgan fingerprint density at radius 1 is 1.33 bits per heavy atom. The second-order valence-electron chi connectivity index (χ2n) is 4.79. The number of aryl methyl sites for hydroxylation is 1. The van der Waals surface area contributed by atoms with Crippen molar-refractivity contribution < 1.29 is 4.79 Å². The Balaban J connectivity index is 2.13. The largest absolute Gasteiger partial charge is 0.355 e. The Morgan fingerprint density at radius 3 is 2.72 bits per heavy atom. The molecule has 0 atom stereocenters. The quantitative estimate of drug-likeness (QED) is 0.758. The molecular weight excluding hydrogens is 228 g/mol. The minimum absolute atomic E-state index is 0.0238. The van der Waals surface area contributed by atoms with Gasteiger partial charge in [-0.3, -0.25) is 14.8 Å². The Bertz CT molecular complexity index is 362. The molecule has 18 heavy (non-hydrogen) atoms. The number of amides is 1. The monoisotopic (exact) mass is 250 g/mol. The second-order valence-corrected chi connectivity index (χ2v) is 4.79. The van der Waals surface area contributed by atoms with Crippen LogP contribution >= 0.6 is 0 Å². The second kappa shape index (κ2) is 7.76. The third-order valence-electron chi connectivity index (χ3n) is 2.47. The Labute approximate surface area is 108 Å². The Hall–Kier alpha value is -1.49. The van der Waals surface area contributed by atoms with Gasteiger partial charge < -0.3 is 10.6 Å². The highest BCUT2D eigenvalue weighted by molar-refractivity contribution is 5.77. The molecule has 0 unspecified atom stereocenters. The molecule has 2 N–H and O–H groups in total. The predicted molar refractivity (Wildman–Crippen MR) is 70.9 cm³/mol. The lowest BCUT2D eigenvalue weighted by molar-refractivity contribution is -0.120. The molecule has 100 valence electrons. The average Bonchev–Trinajstić information content (AvgIpc) is 2.31. The summed E-state index contributed by atoms with van der Waals surface area (Å²) < 4.78 is 0. The molecule has 1 rings (SSSR count). The molecule has 0 aliphatic rings. The van der Waals surface area contributed by atoms with Crippen LogP contribution in [0.5, 0.6) is 0 Å². The van der Waals surface area contributed by atoms with Crippen LogP contribution in [-0.4, -0.2) is 29.0 Å². The van der Waals surface area contributed by atoms with E-state index in [0.29, 0.717) is 19.0 Å². The van der Waals surface area contributed by atoms with E-state index in [4.69, 9.17) is 0 Å². The van der Waals surface area contributed by atoms with Crippen molar-refractivity contribution in [2.75, 3.05) is 13.1 Å². The fraction of sp³-hybridized carbons (Fsp3) is 0.615. The molecule has 1 aromatic rings. The third kappa shape index (κ3) is 6.30. The van der Waals surface area contributed by atoms with Crippen LogP contribution in [-0.2, 0) is 11.3 Å². The minimum atomic E-state index is 0.0238. The van der Waals surface area contributed by atoms with Gasteiger partial charge >= 0.3 is 0 Å². The summed E-state index contributed by atoms with van der Waals surface area (Å²) in [7, 11) is 0. The number of carbonyl (C=O) groups excluding carboxylic acids is 1. The summed E-state index contributed by atoms with van der Waals surface area (Å²) in [6.07, 6.45) is 4.45. The summed E-state index contributed by atoms with van der Waals surface area (Å²) in [5, 5.41) is 5.92. The van der Waals surface area contributed by atoms with Gasteiger partial charge in [0, 0.05) is 25.5 Å². The predicted octanol–water partition coefficient (Wildman–Crippen LogP) is 1.04. The molecule has 0 aliphatic heterocycles. The highest BCUT2D eigenvalue weighted by Crippen LogP contribution is 1.96. The van der Waals surface area contributed by atoms with Crippen molar-refractivity contribution in [1.29, 1.82) is 0 Å². The van der Waals surface area contributed by atoms with Gasteiger partial charge in [0.15, 0.2) is 0 Å². The summed E-state index contributed by atoms with van der Waals surface area (Å²) >= 11 is 0. The van der Waals surface area contributed by atoms with Gasteiger partial charge in [0.05, 0.1) is 17.9 Å². The fourth-order valence-electron chi connectivity index (χ4n) is 1.38. The summed E-state index contributed by atoms with van der Waals surface area (Å²) in [4.78, 5) is 19.8. The van der Waals surface area contributed by atoms with Crippen molar-refractivity contribution in [3.05, 3.63) is 23.8 Å². The van der Waals surface area contributed by atoms with Crippen molar-refractivity contribution in [2.45, 2.75) is 33.7 Å². The van der Waals surface area contributed by atoms with E-state index < -0.39 is 0 Å². The summed E-state index contributed by atoms with van der Waals surface area (Å²) in [6.45, 7) is 7.79. The van der Waals surface area contributed by atoms with Crippen LogP contribution in [0, 0.1) is 12.8 Å². The smallest absolute Gasteiger partial charge is 0.233 e. The Kier molecular flexibility index (Phi) is 6.28. The van der Waals surface area contributed by atoms with Gasteiger partial charge in [-0.1, -0.05) is 13.8 Å². The molecule has 0 radical (unpaired) electrons. The van der Waals surface area contributed by atoms with Gasteiger partial charge in [-0.05, 0) is 19.3 Å². The first-order valence-electron chi connectivity index (χ1n) is 6.33. The number of rotatable bonds is 7. The van der Waals surface area contributed by atoms with Crippen LogP contribution in [0.25, 0.3) is 0 Å². The molecule has 0 spiro atoms. The van der Waals surface area contributed by atoms with Crippen molar-refractivity contribution in [1.82, 2.24) is 20.6 Å². The van der Waals surface area contributed by atoms with E-state index in [1.807, 2.05) is 6.92 Å². The molecule has 0 saturated heterocycles. The summed E-state index contributed by atoms with van der Waals surface area (Å²) in [5.41, 5.74) is 1.74. The number of nitrogens with one attached hydrogen (secondary N) is 2. The topological polar surface area (TPSA) is 66.9 Å². The third-order valence-corrected chi connectivity index (χ3v) is 2.47. The molecule has 0 aliphatic carbocycles. The molecule has 0 bridgehead atoms. The molecule has 1 amide bonds. The van der Waals surface area contributed by atoms with Crippen molar-refractivity contribution in [3.8, 4) is 0 Å². The van der Waals surface area contributed by atoms with Crippen LogP contribution in [0.2, 0.25) is 0 Å². The van der Waals surface area contributed by atoms with E-state index in [2.05, 4.69) is 34.4 Å². The highest BCUT2D eigenvalue weighted by Gasteiger charge is 2.01. The molecular formula is C13H22N4O. The molecule has 0 fully saturated rings. The molecule has 0 aromatic carbocycles. The van der Waals surface area contributed by atoms with E-state index in [1.165, 1.54) is 0 Å². The zero-order chi connectivity index (χ0) is 13.4. The first kappa shape index (κ1) is 14.6. The van der Waals surface area contributed by atoms with E-state index in [1.54, 1.807) is 12.4 Å². The summed E-state index contributed by atoms with van der Waals surface area (Å²) in [6, 6.07) is 0. The van der Waals surface area contributed by atoms with Crippen LogP contribution in [0.15, 0.2) is 12.4 Å². The zero-order valence-electron chi connectivity index (χ0n) is 11.4. The average molecular weight is 250 g/mol. The maximum Gasteiger partial charge on any atom is 0.233 e. The molecule has 5 heteroatoms. The normalized spacial score (nSPS) is 10.7. The number of aromatic nitrogens is 2. The Morgan fingerprint density at radius 2 is 2.11 bits per heavy atom. The maximum atomic E-state index is 11.5. The van der Waals surface area contributed by atoms with Gasteiger partial charge in [-0.15, -0.1) is 0 Å². The van der Waals surface area contributed by atoms with E-state index in [9.17, 15) is 4.79 Å². The van der Waals surface area contributed by atoms with Gasteiger partial charge in [0.2, 0.25) is 5.91 Å². The molecule has 0 saturated carbocycles. The van der Waals surface area contributed by atoms with Crippen LogP contribution in [0.4, 0.5) is 0 Å². The molecule has 1 aromatic heterocycles. The summed E-state index contributed by atoms with van der Waals surface area (Å²) in [5.74, 6) is 0.636. The van der Waals surface area contributed by atoms with Crippen molar-refractivity contribution in [3.63, 3.8) is 0 Å². The SMILES string of the molecule is Cc1cnc(CNCC(=O)NCCC(C)C)cn1. The molecule has 1 heterocycles. The van der Waals surface area contributed by atoms with E-state index in [0.717, 1.165) is 24.4 Å². The lowest BCUT2D eigenvalue weighted by atomic mass is 10.1. The van der Waals surface area contributed by atoms with Crippen molar-refractivity contribution >= 4 is 5.91 Å². The van der Waals surface area contributed by atoms with E-state index >= 15 is 0 Å². The zero-order valence-corrected chi connectivity index (χ0v) is 11.4. The van der Waals surface area contributed by atoms with Crippen molar-refractivity contribution in [2.24, 2.45) is 5.92 Å². The van der Waals surface area contributed by atoms with E-state index in [-0.39, 0.29) is 5.91 Å². The first-order chi connectivity index (χ1) is 8.58. The first-order valence-corrected chi connectivity index (χ1v) is 6.33. The lowest BCUT2D eigenvalue weighted by Crippen LogP contribution is -2.34. The van der Waals surface area contributed by atoms with Gasteiger partial charge in [-0.25, -0.2) is 0 Å². The van der Waals surface area contributed by atoms with Gasteiger partial charge in [0.25, 0.3) is 0 Å². The number of nitrogens with zero attached hydrogens (tertiary/aromatic N) is 2. The molecule has 5 nitrogen and oxygen atoms in total. The van der Waals surface area contributed by atoms with Crippen LogP contribution in [0.3, 0.4) is 0 Å². The standard InChI is InChI=1S/C13H22N4O/c1-10(2)4-5-15-13(18)9-14-7-12-8-16-11(3)6-17-12/h6,8,10,14H,4-5,7,9H2,1-3H3,(H,15,18). The van der Waals surface area contributed by atoms with Crippen LogP contribution < -0.4 is 10.6 Å². The maximum absolute atomic E-state index is 11.5. The highest BCUT2D eigenvalue weighted by atomic mass is 16.1.